The fraction of sp³-hybridized carbons (Fsp3) is 1.00. The van der Waals surface area contributed by atoms with Crippen LogP contribution in [0.1, 0.15) is 34.1 Å². The predicted octanol–water partition coefficient (Wildman–Crippen LogP) is 1.40. The summed E-state index contributed by atoms with van der Waals surface area (Å²) in [5.74, 6) is 0.879. The van der Waals surface area contributed by atoms with E-state index in [9.17, 15) is 0 Å². The van der Waals surface area contributed by atoms with Crippen LogP contribution in [0.5, 0.6) is 0 Å². The molecular weight excluding hydrogens is 210 g/mol. The van der Waals surface area contributed by atoms with Crippen molar-refractivity contribution in [3.05, 3.63) is 0 Å². The zero-order valence-electron chi connectivity index (χ0n) is 12.0. The Morgan fingerprint density at radius 1 is 1.18 bits per heavy atom. The first-order valence-corrected chi connectivity index (χ1v) is 7.19. The maximum Gasteiger partial charge on any atom is 0.0281 e. The molecule has 2 unspecified atom stereocenters. The molecule has 0 bridgehead atoms. The number of hydrogen-bond donors (Lipinski definition) is 1. The number of nitrogens with zero attached hydrogens (tertiary/aromatic N) is 2. The molecule has 0 aliphatic carbocycles. The van der Waals surface area contributed by atoms with Crippen molar-refractivity contribution in [3.8, 4) is 0 Å². The first-order chi connectivity index (χ1) is 7.99. The standard InChI is InChI=1S/C14H29N3/c1-12-9-13(2)16(10-12)11-14(3,4)17-7-5-15-6-8-17/h12-13,15H,5-11H2,1-4H3. The monoisotopic (exact) mass is 239 g/mol. The molecule has 2 fully saturated rings. The van der Waals surface area contributed by atoms with E-state index >= 15 is 0 Å². The van der Waals surface area contributed by atoms with Gasteiger partial charge in [0.1, 0.15) is 0 Å². The largest absolute Gasteiger partial charge is 0.314 e. The van der Waals surface area contributed by atoms with Crippen molar-refractivity contribution in [2.75, 3.05) is 39.3 Å². The zero-order chi connectivity index (χ0) is 12.5. The topological polar surface area (TPSA) is 18.5 Å². The van der Waals surface area contributed by atoms with Gasteiger partial charge in [-0.2, -0.15) is 0 Å². The molecular formula is C14H29N3. The van der Waals surface area contributed by atoms with Gasteiger partial charge in [-0.3, -0.25) is 9.80 Å². The highest BCUT2D eigenvalue weighted by atomic mass is 15.3. The van der Waals surface area contributed by atoms with Gasteiger partial charge in [0.25, 0.3) is 0 Å². The van der Waals surface area contributed by atoms with Crippen LogP contribution in [0.3, 0.4) is 0 Å². The summed E-state index contributed by atoms with van der Waals surface area (Å²) in [6, 6.07) is 0.771. The van der Waals surface area contributed by atoms with Crippen LogP contribution in [-0.4, -0.2) is 60.6 Å². The van der Waals surface area contributed by atoms with Crippen molar-refractivity contribution in [1.82, 2.24) is 15.1 Å². The lowest BCUT2D eigenvalue weighted by Crippen LogP contribution is -2.58. The average Bonchev–Trinajstić information content (AvgIpc) is 2.58. The Kier molecular flexibility index (Phi) is 4.11. The Morgan fingerprint density at radius 3 is 2.35 bits per heavy atom. The lowest BCUT2D eigenvalue weighted by Gasteiger charge is -2.44. The second kappa shape index (κ2) is 5.25. The van der Waals surface area contributed by atoms with Crippen LogP contribution >= 0.6 is 0 Å². The van der Waals surface area contributed by atoms with Gasteiger partial charge < -0.3 is 5.32 Å². The Balaban J connectivity index is 1.91. The molecule has 2 rings (SSSR count). The van der Waals surface area contributed by atoms with Crippen molar-refractivity contribution >= 4 is 0 Å². The minimum Gasteiger partial charge on any atom is -0.314 e. The molecule has 0 spiro atoms. The normalized spacial score (nSPS) is 33.2. The van der Waals surface area contributed by atoms with Gasteiger partial charge in [-0.25, -0.2) is 0 Å². The third kappa shape index (κ3) is 3.21. The second-order valence-corrected chi connectivity index (χ2v) is 6.67. The first-order valence-electron chi connectivity index (χ1n) is 7.19. The summed E-state index contributed by atoms with van der Waals surface area (Å²) in [6.07, 6.45) is 1.37. The molecule has 2 saturated heterocycles. The molecule has 2 heterocycles. The van der Waals surface area contributed by atoms with Crippen molar-refractivity contribution in [3.63, 3.8) is 0 Å². The molecule has 100 valence electrons. The third-order valence-electron chi connectivity index (χ3n) is 4.48. The first kappa shape index (κ1) is 13.3. The number of piperazine rings is 1. The molecule has 0 radical (unpaired) electrons. The highest BCUT2D eigenvalue weighted by Gasteiger charge is 2.34. The van der Waals surface area contributed by atoms with E-state index in [1.807, 2.05) is 0 Å². The summed E-state index contributed by atoms with van der Waals surface area (Å²) < 4.78 is 0. The van der Waals surface area contributed by atoms with Gasteiger partial charge in [0, 0.05) is 50.8 Å². The van der Waals surface area contributed by atoms with E-state index in [1.165, 1.54) is 32.6 Å². The maximum absolute atomic E-state index is 3.44. The number of nitrogens with one attached hydrogen (secondary N) is 1. The van der Waals surface area contributed by atoms with Crippen LogP contribution < -0.4 is 5.32 Å². The quantitative estimate of drug-likeness (QED) is 0.803. The second-order valence-electron chi connectivity index (χ2n) is 6.67. The number of hydrogen-bond acceptors (Lipinski definition) is 3. The summed E-state index contributed by atoms with van der Waals surface area (Å²) in [6.45, 7) is 16.8. The lowest BCUT2D eigenvalue weighted by molar-refractivity contribution is 0.0603. The summed E-state index contributed by atoms with van der Waals surface area (Å²) in [4.78, 5) is 5.34. The Morgan fingerprint density at radius 2 is 1.82 bits per heavy atom. The lowest BCUT2D eigenvalue weighted by atomic mass is 10.0. The molecule has 2 aliphatic rings. The molecule has 3 nitrogen and oxygen atoms in total. The molecule has 0 aromatic heterocycles. The third-order valence-corrected chi connectivity index (χ3v) is 4.48. The van der Waals surface area contributed by atoms with E-state index in [4.69, 9.17) is 0 Å². The van der Waals surface area contributed by atoms with Crippen LogP contribution in [0, 0.1) is 5.92 Å². The average molecular weight is 239 g/mol. The van der Waals surface area contributed by atoms with E-state index in [2.05, 4.69) is 42.8 Å². The van der Waals surface area contributed by atoms with Crippen molar-refractivity contribution in [1.29, 1.82) is 0 Å². The van der Waals surface area contributed by atoms with Gasteiger partial charge in [-0.15, -0.1) is 0 Å². The van der Waals surface area contributed by atoms with Crippen molar-refractivity contribution in [2.45, 2.75) is 45.7 Å². The molecule has 17 heavy (non-hydrogen) atoms. The molecule has 0 aromatic rings. The van der Waals surface area contributed by atoms with Crippen LogP contribution in [0.25, 0.3) is 0 Å². The van der Waals surface area contributed by atoms with Gasteiger partial charge in [-0.1, -0.05) is 6.92 Å². The van der Waals surface area contributed by atoms with Crippen LogP contribution in [-0.2, 0) is 0 Å². The molecule has 0 saturated carbocycles. The highest BCUT2D eigenvalue weighted by Crippen LogP contribution is 2.26. The van der Waals surface area contributed by atoms with Crippen LogP contribution in [0.15, 0.2) is 0 Å². The molecule has 0 aromatic carbocycles. The molecule has 1 N–H and O–H groups in total. The van der Waals surface area contributed by atoms with Crippen molar-refractivity contribution in [2.24, 2.45) is 5.92 Å². The summed E-state index contributed by atoms with van der Waals surface area (Å²) in [5.41, 5.74) is 0.320. The Bertz CT molecular complexity index is 246. The van der Waals surface area contributed by atoms with E-state index in [-0.39, 0.29) is 0 Å². The zero-order valence-corrected chi connectivity index (χ0v) is 12.0. The number of likely N-dealkylation sites (tertiary alicyclic amines) is 1. The molecule has 0 amide bonds. The number of rotatable bonds is 3. The van der Waals surface area contributed by atoms with Crippen LogP contribution in [0.2, 0.25) is 0 Å². The molecule has 3 heteroatoms. The van der Waals surface area contributed by atoms with Gasteiger partial charge in [0.15, 0.2) is 0 Å². The summed E-state index contributed by atoms with van der Waals surface area (Å²) in [5, 5.41) is 3.44. The van der Waals surface area contributed by atoms with E-state index in [1.54, 1.807) is 0 Å². The minimum atomic E-state index is 0.320. The summed E-state index contributed by atoms with van der Waals surface area (Å²) in [7, 11) is 0. The Labute approximate surface area is 107 Å². The van der Waals surface area contributed by atoms with Gasteiger partial charge in [0.05, 0.1) is 0 Å². The maximum atomic E-state index is 3.44. The summed E-state index contributed by atoms with van der Waals surface area (Å²) >= 11 is 0. The van der Waals surface area contributed by atoms with Gasteiger partial charge in [-0.05, 0) is 33.1 Å². The van der Waals surface area contributed by atoms with Crippen molar-refractivity contribution < 1.29 is 0 Å². The van der Waals surface area contributed by atoms with E-state index in [0.29, 0.717) is 5.54 Å². The fourth-order valence-corrected chi connectivity index (χ4v) is 3.47. The SMILES string of the molecule is CC1CC(C)N(CC(C)(C)N2CCNCC2)C1. The molecule has 2 atom stereocenters. The van der Waals surface area contributed by atoms with Crippen LogP contribution in [0.4, 0.5) is 0 Å². The fourth-order valence-electron chi connectivity index (χ4n) is 3.47. The highest BCUT2D eigenvalue weighted by molar-refractivity contribution is 4.91. The van der Waals surface area contributed by atoms with Gasteiger partial charge >= 0.3 is 0 Å². The Hall–Kier alpha value is -0.120. The van der Waals surface area contributed by atoms with E-state index in [0.717, 1.165) is 25.0 Å². The smallest absolute Gasteiger partial charge is 0.0281 e. The predicted molar refractivity (Wildman–Crippen MR) is 73.3 cm³/mol. The van der Waals surface area contributed by atoms with E-state index < -0.39 is 0 Å². The minimum absolute atomic E-state index is 0.320. The molecule has 2 aliphatic heterocycles. The van der Waals surface area contributed by atoms with Gasteiger partial charge in [0.2, 0.25) is 0 Å².